The summed E-state index contributed by atoms with van der Waals surface area (Å²) in [6.07, 6.45) is 16.1. The molecule has 39 heavy (non-hydrogen) atoms. The normalized spacial score (nSPS) is 15.7. The largest absolute Gasteiger partial charge is 0.372 e. The van der Waals surface area contributed by atoms with E-state index >= 15 is 0 Å². The van der Waals surface area contributed by atoms with Gasteiger partial charge in [-0.25, -0.2) is 4.98 Å². The molecular weight excluding hydrogens is 474 g/mol. The highest BCUT2D eigenvalue weighted by molar-refractivity contribution is 6.06. The summed E-state index contributed by atoms with van der Waals surface area (Å²) in [4.78, 5) is 10.1. The third-order valence-corrected chi connectivity index (χ3v) is 7.14. The number of aromatic nitrogens is 2. The van der Waals surface area contributed by atoms with E-state index in [0.29, 0.717) is 0 Å². The quantitative estimate of drug-likeness (QED) is 0.253. The molecule has 0 saturated heterocycles. The first-order chi connectivity index (χ1) is 19.0. The Morgan fingerprint density at radius 3 is 2.51 bits per heavy atom. The van der Waals surface area contributed by atoms with Gasteiger partial charge in [0.2, 0.25) is 0 Å². The third-order valence-electron chi connectivity index (χ3n) is 7.14. The number of hydrogen-bond donors (Lipinski definition) is 1. The van der Waals surface area contributed by atoms with Crippen LogP contribution in [0, 0.1) is 0 Å². The fourth-order valence-electron chi connectivity index (χ4n) is 5.21. The Morgan fingerprint density at radius 2 is 1.82 bits per heavy atom. The lowest BCUT2D eigenvalue weighted by Gasteiger charge is -2.29. The molecule has 3 heteroatoms. The lowest BCUT2D eigenvalue weighted by Crippen LogP contribution is -2.24. The number of rotatable bonds is 7. The molecule has 3 heterocycles. The highest BCUT2D eigenvalue weighted by atomic mass is 15.0. The summed E-state index contributed by atoms with van der Waals surface area (Å²) in [5.41, 5.74) is 9.94. The zero-order valence-corrected chi connectivity index (χ0v) is 22.8. The van der Waals surface area contributed by atoms with Crippen LogP contribution in [0.5, 0.6) is 0 Å². The van der Waals surface area contributed by atoms with Gasteiger partial charge in [0.25, 0.3) is 0 Å². The zero-order valence-electron chi connectivity index (χ0n) is 22.8. The van der Waals surface area contributed by atoms with Crippen molar-refractivity contribution in [2.24, 2.45) is 0 Å². The van der Waals surface area contributed by atoms with Crippen molar-refractivity contribution in [2.75, 3.05) is 5.32 Å². The van der Waals surface area contributed by atoms with Crippen LogP contribution in [0.3, 0.4) is 0 Å². The summed E-state index contributed by atoms with van der Waals surface area (Å²) in [6, 6.07) is 16.9. The van der Waals surface area contributed by atoms with E-state index < -0.39 is 0 Å². The predicted octanol–water partition coefficient (Wildman–Crippen LogP) is 9.32. The molecule has 2 aromatic heterocycles. The average molecular weight is 508 g/mol. The van der Waals surface area contributed by atoms with E-state index in [4.69, 9.17) is 9.97 Å². The first kappa shape index (κ1) is 25.9. The SMILES string of the molecule is C=C/C=C(\C=C)c1cc(C(=C)C)c2ccc3c(c2n1)NC(C(/C=C\C)=C/C)C=C3c1cc2ccccc2cn1. The Kier molecular flexibility index (Phi) is 7.25. The number of hydrogen-bond acceptors (Lipinski definition) is 3. The molecule has 192 valence electrons. The fraction of sp³-hybridized carbons (Fsp3) is 0.111. The van der Waals surface area contributed by atoms with E-state index in [1.165, 1.54) is 5.57 Å². The van der Waals surface area contributed by atoms with Gasteiger partial charge in [0.15, 0.2) is 0 Å². The molecule has 2 aromatic carbocycles. The molecule has 1 unspecified atom stereocenters. The standard InChI is InChI=1S/C36H33N3/c1-7-13-24(9-3)32-20-30(23(5)6)28-17-18-29-31(34-19-26-15-11-12-16-27(26)22-37-34)21-33(25(10-4)14-8-2)39-36(29)35(28)38-32/h7-22,33,39H,1,3,5H2,2,4,6H3/b14-8-,24-13+,25-10+. The second-order valence-electron chi connectivity index (χ2n) is 9.69. The van der Waals surface area contributed by atoms with Crippen molar-refractivity contribution in [3.05, 3.63) is 145 Å². The van der Waals surface area contributed by atoms with E-state index in [0.717, 1.165) is 66.6 Å². The van der Waals surface area contributed by atoms with Crippen molar-refractivity contribution in [1.82, 2.24) is 9.97 Å². The molecular formula is C36H33N3. The molecule has 1 aliphatic heterocycles. The van der Waals surface area contributed by atoms with Gasteiger partial charge in [-0.15, -0.1) is 0 Å². The van der Waals surface area contributed by atoms with Crippen LogP contribution in [0.15, 0.2) is 123 Å². The maximum Gasteiger partial charge on any atom is 0.0953 e. The number of benzene rings is 2. The maximum absolute atomic E-state index is 5.19. The van der Waals surface area contributed by atoms with E-state index in [2.05, 4.69) is 98.7 Å². The van der Waals surface area contributed by atoms with Gasteiger partial charge in [0.1, 0.15) is 0 Å². The smallest absolute Gasteiger partial charge is 0.0953 e. The Labute approximate surface area is 231 Å². The van der Waals surface area contributed by atoms with Gasteiger partial charge in [0.05, 0.1) is 28.6 Å². The Hall–Kier alpha value is -4.76. The molecule has 0 fully saturated rings. The number of fused-ring (bicyclic) bond motifs is 4. The minimum Gasteiger partial charge on any atom is -0.372 e. The van der Waals surface area contributed by atoms with Gasteiger partial charge < -0.3 is 5.32 Å². The Morgan fingerprint density at radius 1 is 1.03 bits per heavy atom. The van der Waals surface area contributed by atoms with Crippen LogP contribution < -0.4 is 5.32 Å². The lowest BCUT2D eigenvalue weighted by molar-refractivity contribution is 1.03. The lowest BCUT2D eigenvalue weighted by atomic mass is 9.88. The number of nitrogens with zero attached hydrogens (tertiary/aromatic N) is 2. The van der Waals surface area contributed by atoms with Crippen molar-refractivity contribution >= 4 is 44.1 Å². The predicted molar refractivity (Wildman–Crippen MR) is 170 cm³/mol. The molecule has 0 spiro atoms. The van der Waals surface area contributed by atoms with Crippen molar-refractivity contribution in [2.45, 2.75) is 26.8 Å². The zero-order chi connectivity index (χ0) is 27.5. The van der Waals surface area contributed by atoms with E-state index in [1.807, 2.05) is 38.3 Å². The second-order valence-corrected chi connectivity index (χ2v) is 9.69. The molecule has 0 aliphatic carbocycles. The highest BCUT2D eigenvalue weighted by Gasteiger charge is 2.26. The van der Waals surface area contributed by atoms with Crippen LogP contribution in [0.1, 0.15) is 43.3 Å². The average Bonchev–Trinajstić information content (AvgIpc) is 2.97. The molecule has 4 aromatic rings. The second kappa shape index (κ2) is 10.9. The monoisotopic (exact) mass is 507 g/mol. The summed E-state index contributed by atoms with van der Waals surface area (Å²) in [5, 5.41) is 7.15. The number of pyridine rings is 2. The van der Waals surface area contributed by atoms with Crippen LogP contribution >= 0.6 is 0 Å². The van der Waals surface area contributed by atoms with Crippen molar-refractivity contribution in [1.29, 1.82) is 0 Å². The van der Waals surface area contributed by atoms with Crippen molar-refractivity contribution in [3.63, 3.8) is 0 Å². The molecule has 1 N–H and O–H groups in total. The van der Waals surface area contributed by atoms with Gasteiger partial charge in [-0.1, -0.05) is 98.2 Å². The van der Waals surface area contributed by atoms with Crippen LogP contribution in [-0.2, 0) is 0 Å². The van der Waals surface area contributed by atoms with E-state index in [9.17, 15) is 0 Å². The van der Waals surface area contributed by atoms with Gasteiger partial charge in [-0.3, -0.25) is 4.98 Å². The minimum atomic E-state index is -0.0473. The molecule has 0 amide bonds. The number of allylic oxidation sites excluding steroid dienone is 7. The maximum atomic E-state index is 5.19. The van der Waals surface area contributed by atoms with Crippen LogP contribution in [0.2, 0.25) is 0 Å². The van der Waals surface area contributed by atoms with Gasteiger partial charge in [-0.05, 0) is 61.1 Å². The van der Waals surface area contributed by atoms with E-state index in [-0.39, 0.29) is 6.04 Å². The van der Waals surface area contributed by atoms with Gasteiger partial charge in [0, 0.05) is 28.1 Å². The molecule has 0 saturated carbocycles. The minimum absolute atomic E-state index is 0.0473. The number of nitrogens with one attached hydrogen (secondary N) is 1. The Balaban J connectivity index is 1.83. The highest BCUT2D eigenvalue weighted by Crippen LogP contribution is 2.41. The topological polar surface area (TPSA) is 37.8 Å². The summed E-state index contributed by atoms with van der Waals surface area (Å²) >= 11 is 0. The summed E-state index contributed by atoms with van der Waals surface area (Å²) in [6.45, 7) is 18.3. The van der Waals surface area contributed by atoms with Gasteiger partial charge in [-0.2, -0.15) is 0 Å². The molecule has 3 nitrogen and oxygen atoms in total. The van der Waals surface area contributed by atoms with Crippen LogP contribution in [0.25, 0.3) is 38.4 Å². The molecule has 5 rings (SSSR count). The van der Waals surface area contributed by atoms with Crippen LogP contribution in [0.4, 0.5) is 5.69 Å². The summed E-state index contributed by atoms with van der Waals surface area (Å²) < 4.78 is 0. The van der Waals surface area contributed by atoms with Crippen molar-refractivity contribution in [3.8, 4) is 0 Å². The molecule has 0 bridgehead atoms. The van der Waals surface area contributed by atoms with E-state index in [1.54, 1.807) is 6.08 Å². The first-order valence-corrected chi connectivity index (χ1v) is 13.2. The first-order valence-electron chi connectivity index (χ1n) is 13.2. The Bertz CT molecular complexity index is 1760. The summed E-state index contributed by atoms with van der Waals surface area (Å²) in [5.74, 6) is 0. The third kappa shape index (κ3) is 4.80. The van der Waals surface area contributed by atoms with Crippen molar-refractivity contribution < 1.29 is 0 Å². The molecule has 0 radical (unpaired) electrons. The number of anilines is 1. The summed E-state index contributed by atoms with van der Waals surface area (Å²) in [7, 11) is 0. The van der Waals surface area contributed by atoms with Crippen LogP contribution in [-0.4, -0.2) is 16.0 Å². The van der Waals surface area contributed by atoms with Gasteiger partial charge >= 0.3 is 0 Å². The fourth-order valence-corrected chi connectivity index (χ4v) is 5.21. The molecule has 1 aliphatic rings. The molecule has 1 atom stereocenters.